The highest BCUT2D eigenvalue weighted by atomic mass is 19.1. The van der Waals surface area contributed by atoms with Gasteiger partial charge in [-0.2, -0.15) is 15.4 Å². The topological polar surface area (TPSA) is 145 Å². The van der Waals surface area contributed by atoms with Gasteiger partial charge in [-0.1, -0.05) is 0 Å². The molecule has 0 spiro atoms. The van der Waals surface area contributed by atoms with Crippen molar-refractivity contribution in [1.29, 1.82) is 0 Å². The summed E-state index contributed by atoms with van der Waals surface area (Å²) < 4.78 is 19.6. The maximum atomic E-state index is 13.1. The Kier molecular flexibility index (Phi) is 4.77. The van der Waals surface area contributed by atoms with Gasteiger partial charge in [0, 0.05) is 5.56 Å². The van der Waals surface area contributed by atoms with Crippen molar-refractivity contribution < 1.29 is 19.0 Å². The average molecular weight is 347 g/mol. The van der Waals surface area contributed by atoms with Crippen molar-refractivity contribution in [1.82, 2.24) is 30.2 Å². The van der Waals surface area contributed by atoms with Gasteiger partial charge in [0.05, 0.1) is 13.2 Å². The van der Waals surface area contributed by atoms with Crippen LogP contribution in [0.15, 0.2) is 24.3 Å². The van der Waals surface area contributed by atoms with Crippen LogP contribution >= 0.6 is 0 Å². The average Bonchev–Trinajstić information content (AvgIpc) is 3.22. The second-order valence-electron chi connectivity index (χ2n) is 4.91. The lowest BCUT2D eigenvalue weighted by molar-refractivity contribution is 0.0424. The van der Waals surface area contributed by atoms with Gasteiger partial charge in [0.1, 0.15) is 18.2 Å². The lowest BCUT2D eigenvalue weighted by Crippen LogP contribution is -2.14. The van der Waals surface area contributed by atoms with Crippen LogP contribution in [-0.2, 0) is 11.5 Å². The number of ether oxygens (including phenoxy) is 1. The van der Waals surface area contributed by atoms with Gasteiger partial charge in [-0.25, -0.2) is 14.1 Å². The minimum absolute atomic E-state index is 0.0775. The number of rotatable bonds is 7. The number of aliphatic hydroxyl groups excluding tert-OH is 1. The molecule has 4 N–H and O–H groups in total. The molecule has 11 heteroatoms. The molecule has 1 aromatic carbocycles. The second-order valence-corrected chi connectivity index (χ2v) is 4.91. The van der Waals surface area contributed by atoms with Crippen LogP contribution < -0.4 is 5.73 Å². The molecule has 0 saturated carbocycles. The first kappa shape index (κ1) is 16.7. The fourth-order valence-corrected chi connectivity index (χ4v) is 2.12. The monoisotopic (exact) mass is 347 g/mol. The molecule has 0 fully saturated rings. The van der Waals surface area contributed by atoms with E-state index in [4.69, 9.17) is 15.6 Å². The fraction of sp³-hybridized carbons (Fsp3) is 0.214. The van der Waals surface area contributed by atoms with E-state index >= 15 is 0 Å². The minimum atomic E-state index is -0.811. The Labute approximate surface area is 140 Å². The van der Waals surface area contributed by atoms with Gasteiger partial charge in [-0.15, -0.1) is 5.10 Å². The molecule has 0 atom stereocenters. The smallest absolute Gasteiger partial charge is 0.288 e. The van der Waals surface area contributed by atoms with E-state index in [-0.39, 0.29) is 37.4 Å². The van der Waals surface area contributed by atoms with Crippen molar-refractivity contribution in [3.05, 3.63) is 35.9 Å². The van der Waals surface area contributed by atoms with Crippen LogP contribution in [0.5, 0.6) is 0 Å². The molecule has 0 aliphatic rings. The molecular formula is C14H14FN7O3. The van der Waals surface area contributed by atoms with Crippen LogP contribution in [0.1, 0.15) is 10.6 Å². The zero-order valence-corrected chi connectivity index (χ0v) is 12.9. The number of carbonyl (C=O) groups excluding carboxylic acids is 1. The van der Waals surface area contributed by atoms with Gasteiger partial charge < -0.3 is 15.6 Å². The third-order valence-electron chi connectivity index (χ3n) is 3.22. The molecule has 0 radical (unpaired) electrons. The van der Waals surface area contributed by atoms with E-state index in [0.717, 1.165) is 0 Å². The van der Waals surface area contributed by atoms with Crippen LogP contribution in [-0.4, -0.2) is 54.4 Å². The molecule has 1 amide bonds. The predicted octanol–water partition coefficient (Wildman–Crippen LogP) is -0.0654. The number of halogens is 1. The van der Waals surface area contributed by atoms with Crippen LogP contribution in [0.4, 0.5) is 4.39 Å². The zero-order valence-electron chi connectivity index (χ0n) is 12.9. The molecular weight excluding hydrogens is 333 g/mol. The standard InChI is InChI=1S/C14H14FN7O3/c15-9-3-1-8(2-4-9)10-11(19-21-18-10)14-17-13(12(16)24)20-22(14)7-25-6-5-23/h1-4,23H,5-7H2,(H2,16,24)(H,18,19,21). The van der Waals surface area contributed by atoms with Crippen molar-refractivity contribution in [2.24, 2.45) is 5.73 Å². The number of H-pyrrole nitrogens is 1. The molecule has 25 heavy (non-hydrogen) atoms. The summed E-state index contributed by atoms with van der Waals surface area (Å²) in [6.07, 6.45) is 0. The number of aliphatic hydroxyl groups is 1. The van der Waals surface area contributed by atoms with Crippen molar-refractivity contribution in [2.45, 2.75) is 6.73 Å². The van der Waals surface area contributed by atoms with Gasteiger partial charge in [-0.05, 0) is 24.3 Å². The minimum Gasteiger partial charge on any atom is -0.394 e. The number of nitrogens with one attached hydrogen (secondary N) is 1. The van der Waals surface area contributed by atoms with E-state index < -0.39 is 5.91 Å². The number of amides is 1. The van der Waals surface area contributed by atoms with Crippen LogP contribution in [0.3, 0.4) is 0 Å². The van der Waals surface area contributed by atoms with Gasteiger partial charge >= 0.3 is 0 Å². The fourth-order valence-electron chi connectivity index (χ4n) is 2.12. The number of nitrogens with zero attached hydrogens (tertiary/aromatic N) is 5. The van der Waals surface area contributed by atoms with Gasteiger partial charge in [0.2, 0.25) is 5.82 Å². The number of nitrogens with two attached hydrogens (primary N) is 1. The molecule has 0 aliphatic carbocycles. The van der Waals surface area contributed by atoms with Gasteiger partial charge in [0.15, 0.2) is 11.5 Å². The molecule has 2 heterocycles. The Morgan fingerprint density at radius 1 is 1.28 bits per heavy atom. The molecule has 10 nitrogen and oxygen atoms in total. The van der Waals surface area contributed by atoms with E-state index in [1.165, 1.54) is 28.9 Å². The summed E-state index contributed by atoms with van der Waals surface area (Å²) in [5.41, 5.74) is 6.51. The maximum Gasteiger partial charge on any atom is 0.288 e. The van der Waals surface area contributed by atoms with Crippen molar-refractivity contribution >= 4 is 5.91 Å². The Balaban J connectivity index is 2.02. The summed E-state index contributed by atoms with van der Waals surface area (Å²) >= 11 is 0. The first-order valence-corrected chi connectivity index (χ1v) is 7.20. The zero-order chi connectivity index (χ0) is 17.8. The number of aromatic nitrogens is 6. The van der Waals surface area contributed by atoms with E-state index in [1.54, 1.807) is 0 Å². The van der Waals surface area contributed by atoms with Gasteiger partial charge in [-0.3, -0.25) is 4.79 Å². The van der Waals surface area contributed by atoms with E-state index in [2.05, 4.69) is 25.5 Å². The molecule has 0 bridgehead atoms. The van der Waals surface area contributed by atoms with Crippen LogP contribution in [0, 0.1) is 5.82 Å². The van der Waals surface area contributed by atoms with Crippen molar-refractivity contribution in [3.63, 3.8) is 0 Å². The number of benzene rings is 1. The maximum absolute atomic E-state index is 13.1. The Morgan fingerprint density at radius 3 is 2.68 bits per heavy atom. The van der Waals surface area contributed by atoms with Gasteiger partial charge in [0.25, 0.3) is 5.91 Å². The largest absolute Gasteiger partial charge is 0.394 e. The van der Waals surface area contributed by atoms with Crippen molar-refractivity contribution in [3.8, 4) is 22.8 Å². The summed E-state index contributed by atoms with van der Waals surface area (Å²) in [4.78, 5) is 15.4. The molecule has 0 unspecified atom stereocenters. The van der Waals surface area contributed by atoms with E-state index in [9.17, 15) is 9.18 Å². The molecule has 2 aromatic heterocycles. The highest BCUT2D eigenvalue weighted by Gasteiger charge is 2.22. The third-order valence-corrected chi connectivity index (χ3v) is 3.22. The highest BCUT2D eigenvalue weighted by Crippen LogP contribution is 2.27. The Hall–Kier alpha value is -3.18. The summed E-state index contributed by atoms with van der Waals surface area (Å²) in [6.45, 7) is -0.168. The number of hydrogen-bond acceptors (Lipinski definition) is 7. The highest BCUT2D eigenvalue weighted by molar-refractivity contribution is 5.89. The molecule has 0 aliphatic heterocycles. The Bertz CT molecular complexity index is 875. The molecule has 130 valence electrons. The quantitative estimate of drug-likeness (QED) is 0.507. The summed E-state index contributed by atoms with van der Waals surface area (Å²) in [6, 6.07) is 5.65. The normalized spacial score (nSPS) is 11.0. The predicted molar refractivity (Wildman–Crippen MR) is 82.3 cm³/mol. The first-order valence-electron chi connectivity index (χ1n) is 7.20. The van der Waals surface area contributed by atoms with Crippen LogP contribution in [0.25, 0.3) is 22.8 Å². The molecule has 3 rings (SSSR count). The lowest BCUT2D eigenvalue weighted by Gasteiger charge is -2.05. The number of hydrogen-bond donors (Lipinski definition) is 3. The lowest BCUT2D eigenvalue weighted by atomic mass is 10.1. The SMILES string of the molecule is NC(=O)c1nc(-c2n[nH]nc2-c2ccc(F)cc2)n(COCCO)n1. The van der Waals surface area contributed by atoms with Crippen LogP contribution in [0.2, 0.25) is 0 Å². The van der Waals surface area contributed by atoms with E-state index in [1.807, 2.05) is 0 Å². The first-order chi connectivity index (χ1) is 12.1. The molecule has 3 aromatic rings. The van der Waals surface area contributed by atoms with E-state index in [0.29, 0.717) is 17.0 Å². The summed E-state index contributed by atoms with van der Waals surface area (Å²) in [5.74, 6) is -1.21. The summed E-state index contributed by atoms with van der Waals surface area (Å²) in [7, 11) is 0. The van der Waals surface area contributed by atoms with Crippen molar-refractivity contribution in [2.75, 3.05) is 13.2 Å². The number of carbonyl (C=O) groups is 1. The second kappa shape index (κ2) is 7.15. The number of primary amides is 1. The summed E-state index contributed by atoms with van der Waals surface area (Å²) in [5, 5.41) is 23.3. The Morgan fingerprint density at radius 2 is 2.00 bits per heavy atom. The third kappa shape index (κ3) is 3.51. The molecule has 0 saturated heterocycles. The number of aromatic amines is 1.